The second-order valence-electron chi connectivity index (χ2n) is 6.43. The van der Waals surface area contributed by atoms with Crippen molar-refractivity contribution in [3.05, 3.63) is 18.2 Å². The van der Waals surface area contributed by atoms with Gasteiger partial charge in [0.05, 0.1) is 25.2 Å². The molecule has 1 N–H and O–H groups in total. The highest BCUT2D eigenvalue weighted by Crippen LogP contribution is 2.36. The first-order valence-corrected chi connectivity index (χ1v) is 8.35. The molecule has 0 aromatic heterocycles. The normalized spacial score (nSPS) is 25.0. The molecule has 122 valence electrons. The summed E-state index contributed by atoms with van der Waals surface area (Å²) in [6.45, 7) is 2.15. The molecule has 0 spiro atoms. The van der Waals surface area contributed by atoms with Crippen molar-refractivity contribution in [3.63, 3.8) is 0 Å². The molecule has 1 aromatic rings. The van der Waals surface area contributed by atoms with E-state index in [1.54, 1.807) is 18.2 Å². The summed E-state index contributed by atoms with van der Waals surface area (Å²) < 4.78 is 10.6. The van der Waals surface area contributed by atoms with Crippen LogP contribution in [0.25, 0.3) is 0 Å². The Hall–Kier alpha value is -2.08. The number of nitrogens with one attached hydrogen (secondary N) is 1. The molecule has 0 bridgehead atoms. The van der Waals surface area contributed by atoms with Gasteiger partial charge in [0, 0.05) is 6.07 Å². The first kappa shape index (κ1) is 14.5. The van der Waals surface area contributed by atoms with Gasteiger partial charge in [-0.2, -0.15) is 0 Å². The monoisotopic (exact) mass is 317 g/mol. The number of hydrogen-bond acceptors (Lipinski definition) is 4. The van der Waals surface area contributed by atoms with Gasteiger partial charge in [-0.25, -0.2) is 4.90 Å². The Labute approximate surface area is 134 Å². The number of benzene rings is 1. The predicted octanol–water partition coefficient (Wildman–Crippen LogP) is 0.506. The Morgan fingerprint density at radius 2 is 1.74 bits per heavy atom. The molecule has 0 saturated carbocycles. The number of carbonyl (C=O) groups is 2. The minimum Gasteiger partial charge on any atom is -0.454 e. The molecule has 1 atom stereocenters. The van der Waals surface area contributed by atoms with Gasteiger partial charge in [0.15, 0.2) is 17.5 Å². The van der Waals surface area contributed by atoms with Gasteiger partial charge >= 0.3 is 0 Å². The Bertz CT molecular complexity index is 637. The van der Waals surface area contributed by atoms with Crippen molar-refractivity contribution in [2.45, 2.75) is 38.1 Å². The lowest BCUT2D eigenvalue weighted by Crippen LogP contribution is -3.16. The molecule has 3 heterocycles. The van der Waals surface area contributed by atoms with Crippen molar-refractivity contribution in [3.8, 4) is 11.5 Å². The molecule has 2 fully saturated rings. The molecule has 0 radical (unpaired) electrons. The third-order valence-electron chi connectivity index (χ3n) is 5.00. The minimum atomic E-state index is -0.231. The number of fused-ring (bicyclic) bond motifs is 1. The first-order valence-electron chi connectivity index (χ1n) is 8.35. The van der Waals surface area contributed by atoms with Crippen LogP contribution in [0.15, 0.2) is 18.2 Å². The van der Waals surface area contributed by atoms with Gasteiger partial charge in [-0.05, 0) is 37.8 Å². The van der Waals surface area contributed by atoms with Crippen LogP contribution in [0.5, 0.6) is 11.5 Å². The molecule has 6 heteroatoms. The highest BCUT2D eigenvalue weighted by molar-refractivity contribution is 6.22. The number of anilines is 1. The number of rotatable bonds is 2. The molecule has 0 aliphatic carbocycles. The van der Waals surface area contributed by atoms with Crippen LogP contribution in [0.1, 0.15) is 32.1 Å². The highest BCUT2D eigenvalue weighted by Gasteiger charge is 2.45. The van der Waals surface area contributed by atoms with Crippen molar-refractivity contribution >= 4 is 17.5 Å². The fourth-order valence-electron chi connectivity index (χ4n) is 3.78. The molecule has 2 amide bonds. The summed E-state index contributed by atoms with van der Waals surface area (Å²) >= 11 is 0. The Kier molecular flexibility index (Phi) is 3.69. The Balaban J connectivity index is 1.57. The Morgan fingerprint density at radius 1 is 1.00 bits per heavy atom. The zero-order valence-electron chi connectivity index (χ0n) is 13.0. The molecule has 3 aliphatic heterocycles. The summed E-state index contributed by atoms with van der Waals surface area (Å²) in [6.07, 6.45) is 5.03. The summed E-state index contributed by atoms with van der Waals surface area (Å²) in [4.78, 5) is 27.9. The number of amides is 2. The van der Waals surface area contributed by atoms with Crippen LogP contribution in [-0.2, 0) is 9.59 Å². The van der Waals surface area contributed by atoms with Gasteiger partial charge in [-0.1, -0.05) is 0 Å². The number of imide groups is 1. The smallest absolute Gasteiger partial charge is 0.292 e. The predicted molar refractivity (Wildman–Crippen MR) is 82.6 cm³/mol. The molecule has 23 heavy (non-hydrogen) atoms. The van der Waals surface area contributed by atoms with Crippen LogP contribution >= 0.6 is 0 Å². The van der Waals surface area contributed by atoms with Crippen molar-refractivity contribution in [2.75, 3.05) is 24.8 Å². The molecule has 3 aliphatic rings. The lowest BCUT2D eigenvalue weighted by atomic mass is 10.2. The lowest BCUT2D eigenvalue weighted by Gasteiger charge is -2.22. The number of likely N-dealkylation sites (tertiary alicyclic amines) is 1. The SMILES string of the molecule is O=C1C[C@H]([NH+]2CCCCCC2)C(=O)N1c1ccc2c(c1)OCO2. The van der Waals surface area contributed by atoms with Gasteiger partial charge in [-0.15, -0.1) is 0 Å². The summed E-state index contributed by atoms with van der Waals surface area (Å²) in [7, 11) is 0. The zero-order chi connectivity index (χ0) is 15.8. The van der Waals surface area contributed by atoms with Crippen LogP contribution in [0.3, 0.4) is 0 Å². The van der Waals surface area contributed by atoms with E-state index in [0.29, 0.717) is 23.6 Å². The molecule has 4 rings (SSSR count). The molecule has 6 nitrogen and oxygen atoms in total. The summed E-state index contributed by atoms with van der Waals surface area (Å²) in [5, 5.41) is 0. The third kappa shape index (κ3) is 2.57. The number of hydrogen-bond donors (Lipinski definition) is 1. The number of quaternary nitrogens is 1. The van der Waals surface area contributed by atoms with Crippen molar-refractivity contribution < 1.29 is 24.0 Å². The van der Waals surface area contributed by atoms with Crippen LogP contribution in [-0.4, -0.2) is 37.7 Å². The number of nitrogens with zero attached hydrogens (tertiary/aromatic N) is 1. The van der Waals surface area contributed by atoms with E-state index in [1.807, 2.05) is 0 Å². The third-order valence-corrected chi connectivity index (χ3v) is 5.00. The second kappa shape index (κ2) is 5.85. The number of carbonyl (C=O) groups excluding carboxylic acids is 2. The molecule has 0 unspecified atom stereocenters. The van der Waals surface area contributed by atoms with E-state index in [1.165, 1.54) is 22.6 Å². The van der Waals surface area contributed by atoms with Crippen LogP contribution in [0, 0.1) is 0 Å². The standard InChI is InChI=1S/C17H20N2O4/c20-16-10-13(18-7-3-1-2-4-8-18)17(21)19(16)12-5-6-14-15(9-12)23-11-22-14/h5-6,9,13H,1-4,7-8,10-11H2/p+1/t13-/m0/s1. The highest BCUT2D eigenvalue weighted by atomic mass is 16.7. The first-order chi connectivity index (χ1) is 11.2. The molecule has 1 aromatic carbocycles. The average molecular weight is 317 g/mol. The van der Waals surface area contributed by atoms with E-state index in [9.17, 15) is 9.59 Å². The van der Waals surface area contributed by atoms with E-state index in [4.69, 9.17) is 9.47 Å². The van der Waals surface area contributed by atoms with Gasteiger partial charge < -0.3 is 14.4 Å². The van der Waals surface area contributed by atoms with Crippen LogP contribution in [0.2, 0.25) is 0 Å². The van der Waals surface area contributed by atoms with Crippen molar-refractivity contribution in [2.24, 2.45) is 0 Å². The largest absolute Gasteiger partial charge is 0.454 e. The molecular formula is C17H21N2O4+. The van der Waals surface area contributed by atoms with Gasteiger partial charge in [0.2, 0.25) is 12.7 Å². The summed E-state index contributed by atoms with van der Waals surface area (Å²) in [6, 6.07) is 5.00. The Morgan fingerprint density at radius 3 is 2.52 bits per heavy atom. The fraction of sp³-hybridized carbons (Fsp3) is 0.529. The summed E-state index contributed by atoms with van der Waals surface area (Å²) in [5.41, 5.74) is 0.584. The van der Waals surface area contributed by atoms with E-state index in [-0.39, 0.29) is 24.6 Å². The van der Waals surface area contributed by atoms with Crippen molar-refractivity contribution in [1.29, 1.82) is 0 Å². The zero-order valence-corrected chi connectivity index (χ0v) is 13.0. The van der Waals surface area contributed by atoms with E-state index < -0.39 is 0 Å². The fourth-order valence-corrected chi connectivity index (χ4v) is 3.78. The minimum absolute atomic E-state index is 0.0780. The summed E-state index contributed by atoms with van der Waals surface area (Å²) in [5.74, 6) is 1.05. The van der Waals surface area contributed by atoms with E-state index >= 15 is 0 Å². The average Bonchev–Trinajstić information content (AvgIpc) is 3.01. The molecular weight excluding hydrogens is 296 g/mol. The van der Waals surface area contributed by atoms with Gasteiger partial charge in [-0.3, -0.25) is 9.59 Å². The second-order valence-corrected chi connectivity index (χ2v) is 6.43. The maximum Gasteiger partial charge on any atom is 0.292 e. The van der Waals surface area contributed by atoms with Gasteiger partial charge in [0.25, 0.3) is 5.91 Å². The van der Waals surface area contributed by atoms with Gasteiger partial charge in [0.1, 0.15) is 0 Å². The van der Waals surface area contributed by atoms with Crippen LogP contribution < -0.4 is 19.3 Å². The quantitative estimate of drug-likeness (QED) is 0.807. The van der Waals surface area contributed by atoms with Crippen molar-refractivity contribution in [1.82, 2.24) is 0 Å². The lowest BCUT2D eigenvalue weighted by molar-refractivity contribution is -0.914. The maximum atomic E-state index is 12.8. The maximum absolute atomic E-state index is 12.8. The number of ether oxygens (including phenoxy) is 2. The van der Waals surface area contributed by atoms with Crippen LogP contribution in [0.4, 0.5) is 5.69 Å². The molecule has 2 saturated heterocycles. The topological polar surface area (TPSA) is 60.3 Å². The van der Waals surface area contributed by atoms with E-state index in [0.717, 1.165) is 25.9 Å². The van der Waals surface area contributed by atoms with E-state index in [2.05, 4.69) is 0 Å².